The lowest BCUT2D eigenvalue weighted by molar-refractivity contribution is 0.188. The second-order valence-electron chi connectivity index (χ2n) is 9.23. The van der Waals surface area contributed by atoms with Crippen molar-refractivity contribution in [1.29, 1.82) is 0 Å². The summed E-state index contributed by atoms with van der Waals surface area (Å²) < 4.78 is 3.54. The number of nitrogens with zero attached hydrogens (tertiary/aromatic N) is 5. The Kier molecular flexibility index (Phi) is 7.45. The van der Waals surface area contributed by atoms with Gasteiger partial charge in [-0.2, -0.15) is 4.98 Å². The van der Waals surface area contributed by atoms with E-state index in [0.717, 1.165) is 37.1 Å². The van der Waals surface area contributed by atoms with Crippen LogP contribution in [0.3, 0.4) is 0 Å². The van der Waals surface area contributed by atoms with Crippen LogP contribution in [0.15, 0.2) is 70.6 Å². The largest absolute Gasteiger partial charge is 0.465 e. The molecule has 1 amide bonds. The van der Waals surface area contributed by atoms with Crippen molar-refractivity contribution < 1.29 is 9.90 Å². The molecule has 1 aliphatic heterocycles. The molecule has 0 radical (unpaired) electrons. The summed E-state index contributed by atoms with van der Waals surface area (Å²) in [4.78, 5) is 36.6. The van der Waals surface area contributed by atoms with E-state index in [-0.39, 0.29) is 11.6 Å². The average Bonchev–Trinajstić information content (AvgIpc) is 3.26. The second kappa shape index (κ2) is 11.1. The lowest BCUT2D eigenvalue weighted by Crippen LogP contribution is -2.48. The van der Waals surface area contributed by atoms with Crippen molar-refractivity contribution in [1.82, 2.24) is 24.4 Å². The SMILES string of the molecule is Cn1c(SCCc2ccccc2)nc2nc(N3CCCC(NC(=O)O)C3)n(Cc3ccccc3)c2c1=O. The van der Waals surface area contributed by atoms with E-state index in [4.69, 9.17) is 9.97 Å². The highest BCUT2D eigenvalue weighted by Crippen LogP contribution is 2.26. The minimum atomic E-state index is -1.03. The van der Waals surface area contributed by atoms with Crippen LogP contribution in [0.5, 0.6) is 0 Å². The normalized spacial score (nSPS) is 15.7. The fourth-order valence-electron chi connectivity index (χ4n) is 4.77. The molecule has 1 aliphatic rings. The lowest BCUT2D eigenvalue weighted by atomic mass is 10.1. The summed E-state index contributed by atoms with van der Waals surface area (Å²) in [5, 5.41) is 12.5. The van der Waals surface area contributed by atoms with Crippen LogP contribution in [0.4, 0.5) is 10.7 Å². The van der Waals surface area contributed by atoms with Gasteiger partial charge in [-0.1, -0.05) is 72.4 Å². The number of hydrogen-bond acceptors (Lipinski definition) is 6. The molecule has 10 heteroatoms. The van der Waals surface area contributed by atoms with Gasteiger partial charge in [0.15, 0.2) is 16.3 Å². The van der Waals surface area contributed by atoms with Gasteiger partial charge in [0.1, 0.15) is 0 Å². The summed E-state index contributed by atoms with van der Waals surface area (Å²) in [7, 11) is 1.76. The van der Waals surface area contributed by atoms with Crippen molar-refractivity contribution in [2.45, 2.75) is 37.0 Å². The number of carboxylic acid groups (broad SMARTS) is 1. The third kappa shape index (κ3) is 5.64. The molecule has 1 saturated heterocycles. The molecule has 1 fully saturated rings. The van der Waals surface area contributed by atoms with E-state index in [1.165, 1.54) is 5.56 Å². The van der Waals surface area contributed by atoms with Gasteiger partial charge in [-0.3, -0.25) is 13.9 Å². The predicted octanol–water partition coefficient (Wildman–Crippen LogP) is 3.75. The topological polar surface area (TPSA) is 105 Å². The van der Waals surface area contributed by atoms with Crippen molar-refractivity contribution in [3.63, 3.8) is 0 Å². The van der Waals surface area contributed by atoms with E-state index in [9.17, 15) is 14.7 Å². The molecule has 37 heavy (non-hydrogen) atoms. The molecular formula is C27H30N6O3S. The number of aryl methyl sites for hydroxylation is 1. The third-order valence-electron chi connectivity index (χ3n) is 6.60. The summed E-state index contributed by atoms with van der Waals surface area (Å²) in [5.41, 5.74) is 3.03. The van der Waals surface area contributed by atoms with Gasteiger partial charge in [-0.25, -0.2) is 9.78 Å². The molecule has 192 valence electrons. The number of rotatable bonds is 8. The Balaban J connectivity index is 1.50. The number of aromatic nitrogens is 4. The Hall–Kier alpha value is -3.79. The summed E-state index contributed by atoms with van der Waals surface area (Å²) in [6, 6.07) is 20.0. The summed E-state index contributed by atoms with van der Waals surface area (Å²) in [5.74, 6) is 1.44. The number of fused-ring (bicyclic) bond motifs is 1. The Labute approximate surface area is 219 Å². The standard InChI is InChI=1S/C27H30N6O3S/c1-31-24(34)22-23(30-26(31)37-16-14-19-9-4-2-5-10-19)29-25(33(22)17-20-11-6-3-7-12-20)32-15-8-13-21(18-32)28-27(35)36/h2-7,9-12,21,28H,8,13-18H2,1H3,(H,35,36). The van der Waals surface area contributed by atoms with E-state index in [2.05, 4.69) is 22.3 Å². The Morgan fingerprint density at radius 1 is 1.08 bits per heavy atom. The molecule has 3 heterocycles. The van der Waals surface area contributed by atoms with Gasteiger partial charge < -0.3 is 15.3 Å². The molecule has 4 aromatic rings. The molecule has 5 rings (SSSR count). The Morgan fingerprint density at radius 2 is 1.78 bits per heavy atom. The zero-order valence-corrected chi connectivity index (χ0v) is 21.5. The van der Waals surface area contributed by atoms with Crippen LogP contribution in [0.2, 0.25) is 0 Å². The highest BCUT2D eigenvalue weighted by Gasteiger charge is 2.27. The van der Waals surface area contributed by atoms with Crippen LogP contribution in [0.25, 0.3) is 11.2 Å². The van der Waals surface area contributed by atoms with Gasteiger partial charge in [-0.15, -0.1) is 0 Å². The summed E-state index contributed by atoms with van der Waals surface area (Å²) in [6.45, 7) is 1.69. The number of carbonyl (C=O) groups is 1. The van der Waals surface area contributed by atoms with Crippen LogP contribution in [0.1, 0.15) is 24.0 Å². The first-order valence-electron chi connectivity index (χ1n) is 12.4. The highest BCUT2D eigenvalue weighted by molar-refractivity contribution is 7.99. The van der Waals surface area contributed by atoms with Gasteiger partial charge in [0.2, 0.25) is 5.95 Å². The summed E-state index contributed by atoms with van der Waals surface area (Å²) in [6.07, 6.45) is 1.44. The third-order valence-corrected chi connectivity index (χ3v) is 7.64. The predicted molar refractivity (Wildman–Crippen MR) is 146 cm³/mol. The smallest absolute Gasteiger partial charge is 0.404 e. The van der Waals surface area contributed by atoms with Crippen LogP contribution in [-0.2, 0) is 20.0 Å². The van der Waals surface area contributed by atoms with Gasteiger partial charge >= 0.3 is 6.09 Å². The molecule has 0 aliphatic carbocycles. The quantitative estimate of drug-likeness (QED) is 0.270. The van der Waals surface area contributed by atoms with E-state index in [0.29, 0.717) is 35.4 Å². The van der Waals surface area contributed by atoms with E-state index in [1.807, 2.05) is 53.1 Å². The maximum atomic E-state index is 13.6. The van der Waals surface area contributed by atoms with Gasteiger partial charge in [-0.05, 0) is 30.4 Å². The Morgan fingerprint density at radius 3 is 2.49 bits per heavy atom. The summed E-state index contributed by atoms with van der Waals surface area (Å²) >= 11 is 1.55. The number of anilines is 1. The maximum Gasteiger partial charge on any atom is 0.404 e. The molecule has 1 unspecified atom stereocenters. The maximum absolute atomic E-state index is 13.6. The van der Waals surface area contributed by atoms with Gasteiger partial charge in [0.25, 0.3) is 5.56 Å². The van der Waals surface area contributed by atoms with Crippen molar-refractivity contribution in [3.05, 3.63) is 82.1 Å². The van der Waals surface area contributed by atoms with Crippen molar-refractivity contribution in [2.75, 3.05) is 23.7 Å². The van der Waals surface area contributed by atoms with Crippen LogP contribution >= 0.6 is 11.8 Å². The van der Waals surface area contributed by atoms with E-state index in [1.54, 1.807) is 23.4 Å². The van der Waals surface area contributed by atoms with Crippen LogP contribution in [-0.4, -0.2) is 55.2 Å². The molecule has 2 aromatic heterocycles. The van der Waals surface area contributed by atoms with E-state index >= 15 is 0 Å². The molecule has 2 N–H and O–H groups in total. The number of piperidine rings is 1. The van der Waals surface area contributed by atoms with Gasteiger partial charge in [0.05, 0.1) is 6.54 Å². The average molecular weight is 519 g/mol. The number of benzene rings is 2. The van der Waals surface area contributed by atoms with Gasteiger partial charge in [0, 0.05) is 31.9 Å². The monoisotopic (exact) mass is 518 g/mol. The van der Waals surface area contributed by atoms with Crippen molar-refractivity contribution in [3.8, 4) is 0 Å². The molecule has 0 saturated carbocycles. The zero-order chi connectivity index (χ0) is 25.8. The Bertz CT molecular complexity index is 1440. The molecule has 1 atom stereocenters. The number of nitrogens with one attached hydrogen (secondary N) is 1. The minimum absolute atomic E-state index is 0.140. The fraction of sp³-hybridized carbons (Fsp3) is 0.333. The molecule has 9 nitrogen and oxygen atoms in total. The van der Waals surface area contributed by atoms with E-state index < -0.39 is 6.09 Å². The number of thioether (sulfide) groups is 1. The molecule has 0 spiro atoms. The zero-order valence-electron chi connectivity index (χ0n) is 20.7. The molecular weight excluding hydrogens is 488 g/mol. The molecule has 0 bridgehead atoms. The first-order valence-corrected chi connectivity index (χ1v) is 13.4. The van der Waals surface area contributed by atoms with Crippen molar-refractivity contribution in [2.24, 2.45) is 7.05 Å². The van der Waals surface area contributed by atoms with Crippen LogP contribution < -0.4 is 15.8 Å². The van der Waals surface area contributed by atoms with Crippen LogP contribution in [0, 0.1) is 0 Å². The highest BCUT2D eigenvalue weighted by atomic mass is 32.2. The first kappa shape index (κ1) is 24.9. The minimum Gasteiger partial charge on any atom is -0.465 e. The lowest BCUT2D eigenvalue weighted by Gasteiger charge is -2.33. The second-order valence-corrected chi connectivity index (χ2v) is 10.3. The fourth-order valence-corrected chi connectivity index (χ4v) is 5.72. The number of amides is 1. The molecule has 2 aromatic carbocycles. The number of imidazole rings is 1. The number of hydrogen-bond donors (Lipinski definition) is 2. The first-order chi connectivity index (χ1) is 18.0. The van der Waals surface area contributed by atoms with Crippen molar-refractivity contribution >= 4 is 35.0 Å².